The molecule has 0 saturated carbocycles. The average molecular weight is 394 g/mol. The van der Waals surface area contributed by atoms with E-state index in [1.165, 1.54) is 5.56 Å². The van der Waals surface area contributed by atoms with Gasteiger partial charge in [0.15, 0.2) is 0 Å². The standard InChI is InChI=1S/C23H20ClNO3/c1-15-4-3-5-21(16(15)2)25-13-18-8-11-22(20(24)12-18)28-14-17-6-9-19(10-7-17)23(26)27/h3-13H,14H2,1-2H3,(H,26,27). The lowest BCUT2D eigenvalue weighted by atomic mass is 10.1. The van der Waals surface area contributed by atoms with Crippen molar-refractivity contribution in [1.82, 2.24) is 0 Å². The van der Waals surface area contributed by atoms with Gasteiger partial charge in [-0.2, -0.15) is 0 Å². The van der Waals surface area contributed by atoms with Gasteiger partial charge in [0.2, 0.25) is 0 Å². The molecule has 0 radical (unpaired) electrons. The second kappa shape index (κ2) is 8.72. The molecular weight excluding hydrogens is 374 g/mol. The van der Waals surface area contributed by atoms with Crippen molar-refractivity contribution < 1.29 is 14.6 Å². The number of carbonyl (C=O) groups is 1. The van der Waals surface area contributed by atoms with Crippen molar-refractivity contribution in [2.45, 2.75) is 20.5 Å². The van der Waals surface area contributed by atoms with E-state index >= 15 is 0 Å². The molecule has 3 aromatic carbocycles. The number of ether oxygens (including phenoxy) is 1. The predicted molar refractivity (Wildman–Crippen MR) is 112 cm³/mol. The molecule has 1 N–H and O–H groups in total. The highest BCUT2D eigenvalue weighted by Gasteiger charge is 2.05. The van der Waals surface area contributed by atoms with Gasteiger partial charge in [0.25, 0.3) is 0 Å². The third kappa shape index (κ3) is 4.78. The average Bonchev–Trinajstić information content (AvgIpc) is 2.68. The topological polar surface area (TPSA) is 58.9 Å². The molecule has 0 atom stereocenters. The third-order valence-electron chi connectivity index (χ3n) is 4.48. The van der Waals surface area contributed by atoms with Crippen LogP contribution in [0.3, 0.4) is 0 Å². The van der Waals surface area contributed by atoms with Gasteiger partial charge in [-0.25, -0.2) is 4.79 Å². The minimum atomic E-state index is -0.950. The van der Waals surface area contributed by atoms with Crippen LogP contribution in [0.5, 0.6) is 5.75 Å². The number of benzene rings is 3. The Balaban J connectivity index is 1.67. The van der Waals surface area contributed by atoms with Gasteiger partial charge < -0.3 is 9.84 Å². The molecule has 0 saturated heterocycles. The van der Waals surface area contributed by atoms with Gasteiger partial charge in [-0.15, -0.1) is 0 Å². The number of aromatic carboxylic acids is 1. The summed E-state index contributed by atoms with van der Waals surface area (Å²) in [6, 6.07) is 18.1. The molecule has 0 amide bonds. The fourth-order valence-electron chi connectivity index (χ4n) is 2.64. The maximum atomic E-state index is 10.9. The Bertz CT molecular complexity index is 1030. The van der Waals surface area contributed by atoms with Gasteiger partial charge in [-0.05, 0) is 72.5 Å². The van der Waals surface area contributed by atoms with Crippen molar-refractivity contribution in [3.05, 3.63) is 93.5 Å². The minimum absolute atomic E-state index is 0.245. The van der Waals surface area contributed by atoms with Gasteiger partial charge >= 0.3 is 5.97 Å². The molecule has 0 aliphatic heterocycles. The lowest BCUT2D eigenvalue weighted by Crippen LogP contribution is -1.99. The first-order valence-corrected chi connectivity index (χ1v) is 9.16. The molecule has 0 spiro atoms. The van der Waals surface area contributed by atoms with E-state index < -0.39 is 5.97 Å². The molecule has 142 valence electrons. The minimum Gasteiger partial charge on any atom is -0.487 e. The van der Waals surface area contributed by atoms with E-state index in [4.69, 9.17) is 21.4 Å². The molecule has 0 aliphatic rings. The van der Waals surface area contributed by atoms with Crippen molar-refractivity contribution in [1.29, 1.82) is 0 Å². The summed E-state index contributed by atoms with van der Waals surface area (Å²) in [6.45, 7) is 4.41. The lowest BCUT2D eigenvalue weighted by Gasteiger charge is -2.09. The molecule has 3 aromatic rings. The Morgan fingerprint density at radius 2 is 1.86 bits per heavy atom. The van der Waals surface area contributed by atoms with Crippen LogP contribution in [0.2, 0.25) is 5.02 Å². The number of carboxylic acids is 1. The van der Waals surface area contributed by atoms with Crippen LogP contribution in [0, 0.1) is 13.8 Å². The smallest absolute Gasteiger partial charge is 0.335 e. The Morgan fingerprint density at radius 3 is 2.54 bits per heavy atom. The van der Waals surface area contributed by atoms with E-state index in [1.807, 2.05) is 18.2 Å². The molecule has 0 aliphatic carbocycles. The number of carboxylic acid groups (broad SMARTS) is 1. The van der Waals surface area contributed by atoms with Gasteiger partial charge in [-0.3, -0.25) is 4.99 Å². The number of rotatable bonds is 6. The van der Waals surface area contributed by atoms with Crippen molar-refractivity contribution >= 4 is 29.5 Å². The summed E-state index contributed by atoms with van der Waals surface area (Å²) in [6.07, 6.45) is 1.78. The maximum absolute atomic E-state index is 10.9. The van der Waals surface area contributed by atoms with Gasteiger partial charge in [0, 0.05) is 6.21 Å². The first kappa shape index (κ1) is 19.6. The van der Waals surface area contributed by atoms with Gasteiger partial charge in [0.05, 0.1) is 16.3 Å². The van der Waals surface area contributed by atoms with E-state index in [9.17, 15) is 4.79 Å². The Hall–Kier alpha value is -3.11. The number of aliphatic imine (C=N–C) groups is 1. The van der Waals surface area contributed by atoms with Crippen LogP contribution in [0.4, 0.5) is 5.69 Å². The van der Waals surface area contributed by atoms with E-state index in [1.54, 1.807) is 42.6 Å². The Kier molecular flexibility index (Phi) is 6.12. The molecule has 0 unspecified atom stereocenters. The SMILES string of the molecule is Cc1cccc(N=Cc2ccc(OCc3ccc(C(=O)O)cc3)c(Cl)c2)c1C. The van der Waals surface area contributed by atoms with E-state index in [0.717, 1.165) is 22.4 Å². The third-order valence-corrected chi connectivity index (χ3v) is 4.78. The Morgan fingerprint density at radius 1 is 1.11 bits per heavy atom. The van der Waals surface area contributed by atoms with Crippen molar-refractivity contribution in [2.24, 2.45) is 4.99 Å². The van der Waals surface area contributed by atoms with Gasteiger partial charge in [-0.1, -0.05) is 35.9 Å². The molecule has 0 bridgehead atoms. The summed E-state index contributed by atoms with van der Waals surface area (Å²) in [5.41, 5.74) is 5.27. The van der Waals surface area contributed by atoms with E-state index in [2.05, 4.69) is 24.9 Å². The zero-order valence-corrected chi connectivity index (χ0v) is 16.4. The predicted octanol–water partition coefficient (Wildman–Crippen LogP) is 5.98. The maximum Gasteiger partial charge on any atom is 0.335 e. The molecule has 0 heterocycles. The van der Waals surface area contributed by atoms with E-state index in [-0.39, 0.29) is 5.56 Å². The summed E-state index contributed by atoms with van der Waals surface area (Å²) < 4.78 is 5.75. The van der Waals surface area contributed by atoms with Crippen LogP contribution >= 0.6 is 11.6 Å². The largest absolute Gasteiger partial charge is 0.487 e. The highest BCUT2D eigenvalue weighted by atomic mass is 35.5. The molecular formula is C23H20ClNO3. The molecule has 28 heavy (non-hydrogen) atoms. The monoisotopic (exact) mass is 393 g/mol. The second-order valence-corrected chi connectivity index (χ2v) is 6.87. The van der Waals surface area contributed by atoms with Crippen molar-refractivity contribution in [3.63, 3.8) is 0 Å². The highest BCUT2D eigenvalue weighted by Crippen LogP contribution is 2.27. The Labute approximate surface area is 169 Å². The van der Waals surface area contributed by atoms with Crippen molar-refractivity contribution in [2.75, 3.05) is 0 Å². The summed E-state index contributed by atoms with van der Waals surface area (Å²) in [5, 5.41) is 9.42. The van der Waals surface area contributed by atoms with Crippen LogP contribution in [0.25, 0.3) is 0 Å². The summed E-state index contributed by atoms with van der Waals surface area (Å²) in [5.74, 6) is -0.388. The normalized spacial score (nSPS) is 11.0. The first-order chi connectivity index (χ1) is 13.4. The molecule has 3 rings (SSSR count). The van der Waals surface area contributed by atoms with Gasteiger partial charge in [0.1, 0.15) is 12.4 Å². The van der Waals surface area contributed by atoms with Crippen LogP contribution < -0.4 is 4.74 Å². The van der Waals surface area contributed by atoms with Crippen molar-refractivity contribution in [3.8, 4) is 5.75 Å². The van der Waals surface area contributed by atoms with Crippen LogP contribution in [0.15, 0.2) is 65.7 Å². The number of aryl methyl sites for hydroxylation is 1. The van der Waals surface area contributed by atoms with Crippen LogP contribution in [0.1, 0.15) is 32.6 Å². The quantitative estimate of drug-likeness (QED) is 0.523. The molecule has 4 nitrogen and oxygen atoms in total. The number of hydrogen-bond acceptors (Lipinski definition) is 3. The number of halogens is 1. The molecule has 5 heteroatoms. The number of nitrogens with zero attached hydrogens (tertiary/aromatic N) is 1. The first-order valence-electron chi connectivity index (χ1n) is 8.79. The fourth-order valence-corrected chi connectivity index (χ4v) is 2.88. The second-order valence-electron chi connectivity index (χ2n) is 6.46. The zero-order chi connectivity index (χ0) is 20.1. The number of hydrogen-bond donors (Lipinski definition) is 1. The molecule has 0 aromatic heterocycles. The summed E-state index contributed by atoms with van der Waals surface area (Å²) in [7, 11) is 0. The summed E-state index contributed by atoms with van der Waals surface area (Å²) in [4.78, 5) is 15.4. The van der Waals surface area contributed by atoms with Crippen LogP contribution in [-0.4, -0.2) is 17.3 Å². The highest BCUT2D eigenvalue weighted by molar-refractivity contribution is 6.32. The van der Waals surface area contributed by atoms with Crippen LogP contribution in [-0.2, 0) is 6.61 Å². The fraction of sp³-hybridized carbons (Fsp3) is 0.130. The lowest BCUT2D eigenvalue weighted by molar-refractivity contribution is 0.0697. The molecule has 0 fully saturated rings. The zero-order valence-electron chi connectivity index (χ0n) is 15.6. The summed E-state index contributed by atoms with van der Waals surface area (Å²) >= 11 is 6.34. The van der Waals surface area contributed by atoms with E-state index in [0.29, 0.717) is 17.4 Å².